The van der Waals surface area contributed by atoms with Crippen molar-refractivity contribution in [3.05, 3.63) is 6.33 Å². The molecule has 1 aliphatic rings. The molecule has 6 nitrogen and oxygen atoms in total. The standard InChI is InChI=1S/C14H24N4O2S/c1-3-8-15-14(12(19)20)7-4-5-11(14)6-9-21-13-17-16-10-18(13)2/h10-11,15H,3-9H2,1-2H3,(H,19,20). The van der Waals surface area contributed by atoms with Gasteiger partial charge in [-0.25, -0.2) is 0 Å². The van der Waals surface area contributed by atoms with Crippen LogP contribution in [-0.4, -0.2) is 43.7 Å². The van der Waals surface area contributed by atoms with E-state index in [1.54, 1.807) is 18.1 Å². The Kier molecular flexibility index (Phi) is 5.64. The first-order chi connectivity index (χ1) is 10.1. The van der Waals surface area contributed by atoms with Crippen LogP contribution in [0.4, 0.5) is 0 Å². The molecule has 2 unspecified atom stereocenters. The normalized spacial score (nSPS) is 25.3. The number of nitrogens with one attached hydrogen (secondary N) is 1. The van der Waals surface area contributed by atoms with Crippen LogP contribution in [0.15, 0.2) is 11.5 Å². The highest BCUT2D eigenvalue weighted by molar-refractivity contribution is 7.99. The van der Waals surface area contributed by atoms with Crippen molar-refractivity contribution in [2.45, 2.75) is 49.7 Å². The largest absolute Gasteiger partial charge is 0.480 e. The summed E-state index contributed by atoms with van der Waals surface area (Å²) in [5, 5.41) is 21.8. The minimum absolute atomic E-state index is 0.197. The van der Waals surface area contributed by atoms with Gasteiger partial charge in [-0.1, -0.05) is 25.1 Å². The molecule has 1 aromatic rings. The lowest BCUT2D eigenvalue weighted by Gasteiger charge is -2.32. The van der Waals surface area contributed by atoms with Gasteiger partial charge in [-0.15, -0.1) is 10.2 Å². The van der Waals surface area contributed by atoms with Gasteiger partial charge in [0, 0.05) is 12.8 Å². The van der Waals surface area contributed by atoms with E-state index in [4.69, 9.17) is 0 Å². The van der Waals surface area contributed by atoms with Crippen molar-refractivity contribution in [1.29, 1.82) is 0 Å². The fraction of sp³-hybridized carbons (Fsp3) is 0.786. The fourth-order valence-electron chi connectivity index (χ4n) is 3.10. The van der Waals surface area contributed by atoms with Gasteiger partial charge in [0.1, 0.15) is 11.9 Å². The maximum atomic E-state index is 11.8. The third-order valence-corrected chi connectivity index (χ3v) is 5.33. The first kappa shape index (κ1) is 16.3. The van der Waals surface area contributed by atoms with E-state index in [9.17, 15) is 9.90 Å². The summed E-state index contributed by atoms with van der Waals surface area (Å²) >= 11 is 1.65. The number of hydrogen-bond donors (Lipinski definition) is 2. The highest BCUT2D eigenvalue weighted by Crippen LogP contribution is 2.39. The third-order valence-electron chi connectivity index (χ3n) is 4.26. The Morgan fingerprint density at radius 3 is 3.10 bits per heavy atom. The lowest BCUT2D eigenvalue weighted by molar-refractivity contribution is -0.146. The molecular weight excluding hydrogens is 288 g/mol. The molecule has 1 heterocycles. The van der Waals surface area contributed by atoms with E-state index in [0.29, 0.717) is 0 Å². The molecule has 118 valence electrons. The van der Waals surface area contributed by atoms with Crippen molar-refractivity contribution in [1.82, 2.24) is 20.1 Å². The number of thioether (sulfide) groups is 1. The van der Waals surface area contributed by atoms with Crippen LogP contribution in [-0.2, 0) is 11.8 Å². The van der Waals surface area contributed by atoms with Gasteiger partial charge in [0.15, 0.2) is 5.16 Å². The smallest absolute Gasteiger partial charge is 0.324 e. The number of hydrogen-bond acceptors (Lipinski definition) is 5. The number of carboxylic acids is 1. The van der Waals surface area contributed by atoms with Gasteiger partial charge in [0.2, 0.25) is 0 Å². The van der Waals surface area contributed by atoms with Gasteiger partial charge in [0.05, 0.1) is 0 Å². The van der Waals surface area contributed by atoms with Crippen molar-refractivity contribution in [2.24, 2.45) is 13.0 Å². The molecule has 0 spiro atoms. The quantitative estimate of drug-likeness (QED) is 0.714. The number of nitrogens with zero attached hydrogens (tertiary/aromatic N) is 3. The topological polar surface area (TPSA) is 80.0 Å². The summed E-state index contributed by atoms with van der Waals surface area (Å²) in [5.74, 6) is 0.379. The van der Waals surface area contributed by atoms with Crippen molar-refractivity contribution in [2.75, 3.05) is 12.3 Å². The predicted molar refractivity (Wildman–Crippen MR) is 82.3 cm³/mol. The number of aryl methyl sites for hydroxylation is 1. The Morgan fingerprint density at radius 2 is 2.48 bits per heavy atom. The van der Waals surface area contributed by atoms with Crippen LogP contribution in [0.5, 0.6) is 0 Å². The van der Waals surface area contributed by atoms with Crippen molar-refractivity contribution >= 4 is 17.7 Å². The first-order valence-electron chi connectivity index (χ1n) is 7.55. The minimum atomic E-state index is -0.726. The van der Waals surface area contributed by atoms with Crippen LogP contribution >= 0.6 is 11.8 Å². The van der Waals surface area contributed by atoms with Gasteiger partial charge in [-0.05, 0) is 38.1 Å². The number of carboxylic acid groups (broad SMARTS) is 1. The summed E-state index contributed by atoms with van der Waals surface area (Å²) in [5.41, 5.74) is -0.726. The molecule has 0 saturated heterocycles. The molecule has 2 N–H and O–H groups in total. The summed E-state index contributed by atoms with van der Waals surface area (Å²) in [6.07, 6.45) is 6.24. The number of aromatic nitrogens is 3. The molecule has 1 aromatic heterocycles. The Morgan fingerprint density at radius 1 is 1.67 bits per heavy atom. The third kappa shape index (κ3) is 3.58. The monoisotopic (exact) mass is 312 g/mol. The van der Waals surface area contributed by atoms with Crippen LogP contribution in [0.25, 0.3) is 0 Å². The Balaban J connectivity index is 1.93. The van der Waals surface area contributed by atoms with Gasteiger partial charge in [0.25, 0.3) is 0 Å². The van der Waals surface area contributed by atoms with Crippen LogP contribution < -0.4 is 5.32 Å². The molecule has 7 heteroatoms. The van der Waals surface area contributed by atoms with E-state index in [0.717, 1.165) is 49.6 Å². The molecule has 0 aromatic carbocycles. The van der Waals surface area contributed by atoms with Gasteiger partial charge in [-0.2, -0.15) is 0 Å². The summed E-state index contributed by atoms with van der Waals surface area (Å²) in [4.78, 5) is 11.8. The zero-order valence-electron chi connectivity index (χ0n) is 12.7. The lowest BCUT2D eigenvalue weighted by atomic mass is 9.85. The van der Waals surface area contributed by atoms with Crippen LogP contribution in [0.3, 0.4) is 0 Å². The molecule has 21 heavy (non-hydrogen) atoms. The Labute approximate surface area is 129 Å². The zero-order chi connectivity index (χ0) is 15.3. The maximum Gasteiger partial charge on any atom is 0.324 e. The van der Waals surface area contributed by atoms with E-state index < -0.39 is 11.5 Å². The molecule has 1 fully saturated rings. The van der Waals surface area contributed by atoms with E-state index in [1.807, 2.05) is 11.6 Å². The Hall–Kier alpha value is -1.08. The Bertz CT molecular complexity index is 479. The van der Waals surface area contributed by atoms with E-state index in [1.165, 1.54) is 0 Å². The highest BCUT2D eigenvalue weighted by atomic mass is 32.2. The molecule has 0 amide bonds. The summed E-state index contributed by atoms with van der Waals surface area (Å²) in [7, 11) is 1.92. The van der Waals surface area contributed by atoms with Crippen LogP contribution in [0.2, 0.25) is 0 Å². The summed E-state index contributed by atoms with van der Waals surface area (Å²) in [6, 6.07) is 0. The van der Waals surface area contributed by atoms with Crippen molar-refractivity contribution in [3.8, 4) is 0 Å². The van der Waals surface area contributed by atoms with Crippen LogP contribution in [0.1, 0.15) is 39.0 Å². The molecule has 2 rings (SSSR count). The lowest BCUT2D eigenvalue weighted by Crippen LogP contribution is -2.55. The first-order valence-corrected chi connectivity index (χ1v) is 8.54. The van der Waals surface area contributed by atoms with E-state index in [2.05, 4.69) is 22.4 Å². The van der Waals surface area contributed by atoms with E-state index >= 15 is 0 Å². The SMILES string of the molecule is CCCNC1(C(=O)O)CCCC1CCSc1nncn1C. The number of rotatable bonds is 8. The highest BCUT2D eigenvalue weighted by Gasteiger charge is 2.48. The summed E-state index contributed by atoms with van der Waals surface area (Å²) in [6.45, 7) is 2.83. The molecule has 2 atom stereocenters. The van der Waals surface area contributed by atoms with Gasteiger partial charge >= 0.3 is 5.97 Å². The molecule has 0 aliphatic heterocycles. The van der Waals surface area contributed by atoms with E-state index in [-0.39, 0.29) is 5.92 Å². The average molecular weight is 312 g/mol. The zero-order valence-corrected chi connectivity index (χ0v) is 13.5. The van der Waals surface area contributed by atoms with Gasteiger partial charge in [-0.3, -0.25) is 4.79 Å². The molecular formula is C14H24N4O2S. The minimum Gasteiger partial charge on any atom is -0.480 e. The second-order valence-electron chi connectivity index (χ2n) is 5.65. The fourth-order valence-corrected chi connectivity index (χ4v) is 4.04. The molecule has 0 bridgehead atoms. The maximum absolute atomic E-state index is 11.8. The number of aliphatic carboxylic acids is 1. The predicted octanol–water partition coefficient (Wildman–Crippen LogP) is 1.92. The van der Waals surface area contributed by atoms with Crippen molar-refractivity contribution < 1.29 is 9.90 Å². The van der Waals surface area contributed by atoms with Crippen molar-refractivity contribution in [3.63, 3.8) is 0 Å². The number of carbonyl (C=O) groups is 1. The molecule has 1 saturated carbocycles. The second kappa shape index (κ2) is 7.26. The second-order valence-corrected chi connectivity index (χ2v) is 6.72. The average Bonchev–Trinajstić information content (AvgIpc) is 3.04. The molecule has 0 radical (unpaired) electrons. The molecule has 1 aliphatic carbocycles. The van der Waals surface area contributed by atoms with Gasteiger partial charge < -0.3 is 15.0 Å². The summed E-state index contributed by atoms with van der Waals surface area (Å²) < 4.78 is 1.89. The van der Waals surface area contributed by atoms with Crippen LogP contribution in [0, 0.1) is 5.92 Å².